The van der Waals surface area contributed by atoms with Gasteiger partial charge in [0.05, 0.1) is 16.7 Å². The number of aromatic nitrogens is 5. The molecule has 4 aromatic rings. The van der Waals surface area contributed by atoms with Gasteiger partial charge in [-0.25, -0.2) is 4.98 Å². The number of hydrogen-bond donors (Lipinski definition) is 1. The van der Waals surface area contributed by atoms with Crippen molar-refractivity contribution in [1.82, 2.24) is 24.6 Å². The Balaban J connectivity index is 1.66. The van der Waals surface area contributed by atoms with Gasteiger partial charge in [0.1, 0.15) is 10.7 Å². The second kappa shape index (κ2) is 6.34. The maximum absolute atomic E-state index is 12.9. The van der Waals surface area contributed by atoms with E-state index in [-0.39, 0.29) is 16.5 Å². The Kier molecular flexibility index (Phi) is 4.22. The van der Waals surface area contributed by atoms with Crippen LogP contribution in [0.2, 0.25) is 0 Å². The molecule has 0 bridgehead atoms. The number of rotatable bonds is 3. The van der Waals surface area contributed by atoms with Crippen LogP contribution >= 0.6 is 23.1 Å². The molecule has 1 N–H and O–H groups in total. The molecule has 0 aromatic carbocycles. The zero-order valence-electron chi connectivity index (χ0n) is 14.1. The number of alkyl halides is 3. The number of nitrogens with zero attached hydrogens (tertiary/aromatic N) is 4. The van der Waals surface area contributed by atoms with E-state index in [0.29, 0.717) is 21.7 Å². The third-order valence-electron chi connectivity index (χ3n) is 4.12. The number of aryl methyl sites for hydroxylation is 2. The Hall–Kier alpha value is -2.40. The smallest absolute Gasteiger partial charge is 0.309 e. The van der Waals surface area contributed by atoms with Crippen LogP contribution in [0.3, 0.4) is 0 Å². The highest BCUT2D eigenvalue weighted by atomic mass is 32.2. The van der Waals surface area contributed by atoms with Gasteiger partial charge in [-0.3, -0.25) is 9.20 Å². The van der Waals surface area contributed by atoms with Crippen LogP contribution in [0.5, 0.6) is 0 Å². The first kappa shape index (κ1) is 18.0. The van der Waals surface area contributed by atoms with Crippen molar-refractivity contribution >= 4 is 39.0 Å². The number of aromatic amines is 1. The van der Waals surface area contributed by atoms with Crippen LogP contribution in [0.25, 0.3) is 15.9 Å². The number of thioether (sulfide) groups is 1. The monoisotopic (exact) mass is 411 g/mol. The van der Waals surface area contributed by atoms with E-state index in [1.54, 1.807) is 0 Å². The molecule has 4 heterocycles. The molecule has 0 atom stereocenters. The van der Waals surface area contributed by atoms with Gasteiger partial charge in [-0.05, 0) is 31.5 Å². The van der Waals surface area contributed by atoms with Crippen molar-refractivity contribution in [2.45, 2.75) is 30.9 Å². The average Bonchev–Trinajstić information content (AvgIpc) is 3.13. The summed E-state index contributed by atoms with van der Waals surface area (Å²) in [5, 5.41) is 8.67. The zero-order valence-corrected chi connectivity index (χ0v) is 15.7. The summed E-state index contributed by atoms with van der Waals surface area (Å²) in [5.41, 5.74) is 0.218. The van der Waals surface area contributed by atoms with Crippen molar-refractivity contribution in [3.63, 3.8) is 0 Å². The van der Waals surface area contributed by atoms with Gasteiger partial charge in [0, 0.05) is 11.1 Å². The predicted molar refractivity (Wildman–Crippen MR) is 97.3 cm³/mol. The van der Waals surface area contributed by atoms with Crippen LogP contribution in [-0.4, -0.2) is 24.6 Å². The molecule has 0 aliphatic heterocycles. The molecule has 4 rings (SSSR count). The molecule has 0 radical (unpaired) electrons. The second-order valence-electron chi connectivity index (χ2n) is 5.89. The zero-order chi connectivity index (χ0) is 19.3. The number of pyridine rings is 1. The Morgan fingerprint density at radius 3 is 2.78 bits per heavy atom. The van der Waals surface area contributed by atoms with E-state index >= 15 is 0 Å². The number of H-pyrrole nitrogens is 1. The summed E-state index contributed by atoms with van der Waals surface area (Å²) < 4.78 is 40.0. The van der Waals surface area contributed by atoms with E-state index in [1.165, 1.54) is 21.8 Å². The summed E-state index contributed by atoms with van der Waals surface area (Å²) in [4.78, 5) is 21.2. The molecular weight excluding hydrogens is 399 g/mol. The SMILES string of the molecule is Cc1sc2nc(CSc3nnc4ccc(C(F)(F)F)cn34)[nH]c(=O)c2c1C. The standard InChI is InChI=1S/C16H12F3N5OS2/c1-7-8(2)27-14-12(7)13(25)20-10(21-14)6-26-15-23-22-11-4-3-9(5-24(11)15)16(17,18)19/h3-5H,6H2,1-2H3,(H,20,21,25). The topological polar surface area (TPSA) is 75.9 Å². The summed E-state index contributed by atoms with van der Waals surface area (Å²) in [6.07, 6.45) is -3.49. The van der Waals surface area contributed by atoms with E-state index < -0.39 is 11.7 Å². The van der Waals surface area contributed by atoms with Gasteiger partial charge in [0.25, 0.3) is 5.56 Å². The molecule has 0 aliphatic rings. The Morgan fingerprint density at radius 2 is 2.04 bits per heavy atom. The minimum Gasteiger partial charge on any atom is -0.309 e. The summed E-state index contributed by atoms with van der Waals surface area (Å²) in [6, 6.07) is 2.23. The summed E-state index contributed by atoms with van der Waals surface area (Å²) >= 11 is 2.59. The van der Waals surface area contributed by atoms with Crippen LogP contribution in [0, 0.1) is 13.8 Å². The molecule has 0 fully saturated rings. The number of halogens is 3. The maximum atomic E-state index is 12.9. The number of thiophene rings is 1. The van der Waals surface area contributed by atoms with Gasteiger partial charge >= 0.3 is 6.18 Å². The first-order valence-electron chi connectivity index (χ1n) is 7.77. The lowest BCUT2D eigenvalue weighted by Crippen LogP contribution is -2.11. The molecule has 0 unspecified atom stereocenters. The van der Waals surface area contributed by atoms with E-state index in [1.807, 2.05) is 13.8 Å². The third-order valence-corrected chi connectivity index (χ3v) is 6.18. The highest BCUT2D eigenvalue weighted by molar-refractivity contribution is 7.98. The maximum Gasteiger partial charge on any atom is 0.417 e. The summed E-state index contributed by atoms with van der Waals surface area (Å²) in [6.45, 7) is 3.80. The first-order valence-corrected chi connectivity index (χ1v) is 9.58. The minimum atomic E-state index is -4.45. The number of hydrogen-bond acceptors (Lipinski definition) is 6. The fourth-order valence-electron chi connectivity index (χ4n) is 2.64. The lowest BCUT2D eigenvalue weighted by molar-refractivity contribution is -0.137. The van der Waals surface area contributed by atoms with Crippen LogP contribution in [0.4, 0.5) is 13.2 Å². The van der Waals surface area contributed by atoms with Crippen molar-refractivity contribution < 1.29 is 13.2 Å². The lowest BCUT2D eigenvalue weighted by Gasteiger charge is -2.07. The normalized spacial score (nSPS) is 12.3. The second-order valence-corrected chi connectivity index (χ2v) is 8.04. The molecule has 140 valence electrons. The number of nitrogens with one attached hydrogen (secondary N) is 1. The third kappa shape index (κ3) is 3.21. The molecule has 11 heteroatoms. The Morgan fingerprint density at radius 1 is 1.26 bits per heavy atom. The molecule has 4 aromatic heterocycles. The van der Waals surface area contributed by atoms with Crippen LogP contribution < -0.4 is 5.56 Å². The number of fused-ring (bicyclic) bond motifs is 2. The van der Waals surface area contributed by atoms with E-state index in [0.717, 1.165) is 34.5 Å². The first-order chi connectivity index (χ1) is 12.7. The highest BCUT2D eigenvalue weighted by Crippen LogP contribution is 2.31. The molecule has 0 aliphatic carbocycles. The molecule has 27 heavy (non-hydrogen) atoms. The average molecular weight is 411 g/mol. The fraction of sp³-hybridized carbons (Fsp3) is 0.250. The predicted octanol–water partition coefficient (Wildman–Crippen LogP) is 3.96. The quantitative estimate of drug-likeness (QED) is 0.517. The summed E-state index contributed by atoms with van der Waals surface area (Å²) in [5.74, 6) is 0.681. The van der Waals surface area contributed by atoms with Gasteiger partial charge in [0.15, 0.2) is 10.8 Å². The van der Waals surface area contributed by atoms with E-state index in [2.05, 4.69) is 20.2 Å². The van der Waals surface area contributed by atoms with Gasteiger partial charge in [-0.15, -0.1) is 21.5 Å². The van der Waals surface area contributed by atoms with Gasteiger partial charge in [0.2, 0.25) is 0 Å². The molecule has 0 spiro atoms. The summed E-state index contributed by atoms with van der Waals surface area (Å²) in [7, 11) is 0. The minimum absolute atomic E-state index is 0.220. The molecule has 0 saturated carbocycles. The van der Waals surface area contributed by atoms with E-state index in [4.69, 9.17) is 0 Å². The van der Waals surface area contributed by atoms with Gasteiger partial charge < -0.3 is 4.98 Å². The van der Waals surface area contributed by atoms with Crippen molar-refractivity contribution in [2.24, 2.45) is 0 Å². The lowest BCUT2D eigenvalue weighted by atomic mass is 10.2. The van der Waals surface area contributed by atoms with Crippen LogP contribution in [0.15, 0.2) is 28.3 Å². The largest absolute Gasteiger partial charge is 0.417 e. The van der Waals surface area contributed by atoms with Gasteiger partial charge in [-0.1, -0.05) is 11.8 Å². The highest BCUT2D eigenvalue weighted by Gasteiger charge is 2.31. The molecule has 0 saturated heterocycles. The molecular formula is C16H12F3N5OS2. The Bertz CT molecular complexity index is 1220. The fourth-order valence-corrected chi connectivity index (χ4v) is 4.47. The molecule has 6 nitrogen and oxygen atoms in total. The Labute approximate surface area is 158 Å². The van der Waals surface area contributed by atoms with Crippen LogP contribution in [0.1, 0.15) is 21.8 Å². The van der Waals surface area contributed by atoms with Gasteiger partial charge in [-0.2, -0.15) is 13.2 Å². The van der Waals surface area contributed by atoms with E-state index in [9.17, 15) is 18.0 Å². The van der Waals surface area contributed by atoms with Crippen molar-refractivity contribution in [1.29, 1.82) is 0 Å². The molecule has 0 amide bonds. The van der Waals surface area contributed by atoms with Crippen molar-refractivity contribution in [3.8, 4) is 0 Å². The van der Waals surface area contributed by atoms with Crippen molar-refractivity contribution in [2.75, 3.05) is 0 Å². The van der Waals surface area contributed by atoms with Crippen molar-refractivity contribution in [3.05, 3.63) is 50.5 Å². The van der Waals surface area contributed by atoms with Crippen LogP contribution in [-0.2, 0) is 11.9 Å².